The lowest BCUT2D eigenvalue weighted by Crippen LogP contribution is -2.51. The van der Waals surface area contributed by atoms with Crippen LogP contribution in [0.4, 0.5) is 5.69 Å². The van der Waals surface area contributed by atoms with Crippen LogP contribution in [0.2, 0.25) is 0 Å². The van der Waals surface area contributed by atoms with Gasteiger partial charge in [0.2, 0.25) is 5.91 Å². The van der Waals surface area contributed by atoms with Crippen LogP contribution in [0.3, 0.4) is 0 Å². The Morgan fingerprint density at radius 1 is 1.22 bits per heavy atom. The quantitative estimate of drug-likeness (QED) is 0.912. The van der Waals surface area contributed by atoms with Crippen LogP contribution in [-0.4, -0.2) is 62.8 Å². The first-order valence-electron chi connectivity index (χ1n) is 8.52. The van der Waals surface area contributed by atoms with Gasteiger partial charge in [-0.25, -0.2) is 0 Å². The summed E-state index contributed by atoms with van der Waals surface area (Å²) in [6.45, 7) is 6.03. The number of ether oxygens (including phenoxy) is 1. The molecule has 0 saturated carbocycles. The number of rotatable bonds is 4. The minimum atomic E-state index is 0.0765. The number of anilines is 1. The van der Waals surface area contributed by atoms with E-state index in [1.165, 1.54) is 11.3 Å². The van der Waals surface area contributed by atoms with E-state index in [9.17, 15) is 4.79 Å². The Bertz CT molecular complexity index is 524. The first kappa shape index (κ1) is 16.3. The van der Waals surface area contributed by atoms with Crippen molar-refractivity contribution in [3.63, 3.8) is 0 Å². The number of carbonyl (C=O) groups is 1. The number of hydrogen-bond donors (Lipinski definition) is 1. The molecule has 5 nitrogen and oxygen atoms in total. The first-order valence-corrected chi connectivity index (χ1v) is 8.52. The lowest BCUT2D eigenvalue weighted by atomic mass is 10.0. The van der Waals surface area contributed by atoms with Crippen LogP contribution in [0.15, 0.2) is 24.3 Å². The Balaban J connectivity index is 1.41. The average Bonchev–Trinajstić information content (AvgIpc) is 2.57. The van der Waals surface area contributed by atoms with Crippen LogP contribution in [-0.2, 0) is 9.53 Å². The van der Waals surface area contributed by atoms with Gasteiger partial charge in [-0.3, -0.25) is 4.79 Å². The third-order valence-corrected chi connectivity index (χ3v) is 4.87. The van der Waals surface area contributed by atoms with Crippen molar-refractivity contribution in [2.75, 3.05) is 44.7 Å². The molecule has 5 heteroatoms. The van der Waals surface area contributed by atoms with Crippen molar-refractivity contribution >= 4 is 11.6 Å². The summed E-state index contributed by atoms with van der Waals surface area (Å²) in [5.41, 5.74) is 2.63. The molecular weight excluding hydrogens is 290 g/mol. The molecule has 1 amide bonds. The molecule has 2 fully saturated rings. The molecule has 126 valence electrons. The topological polar surface area (TPSA) is 44.8 Å². The molecule has 23 heavy (non-hydrogen) atoms. The predicted octanol–water partition coefficient (Wildman–Crippen LogP) is 1.41. The van der Waals surface area contributed by atoms with Crippen molar-refractivity contribution < 1.29 is 9.53 Å². The maximum absolute atomic E-state index is 11.4. The molecule has 3 rings (SSSR count). The molecule has 0 spiro atoms. The minimum absolute atomic E-state index is 0.0765. The zero-order valence-electron chi connectivity index (χ0n) is 14.1. The molecule has 2 heterocycles. The molecular formula is C18H27N3O2. The number of amides is 1. The van der Waals surface area contributed by atoms with E-state index in [0.717, 1.165) is 32.5 Å². The van der Waals surface area contributed by atoms with E-state index in [-0.39, 0.29) is 18.6 Å². The SMILES string of the molecule is Cc1ccc(N2CCC(NC[C@H]3CN(C)C(=O)CO3)CC2)cc1. The van der Waals surface area contributed by atoms with E-state index in [1.54, 1.807) is 4.90 Å². The maximum atomic E-state index is 11.4. The molecule has 0 bridgehead atoms. The number of aryl methyl sites for hydroxylation is 1. The number of morpholine rings is 1. The third-order valence-electron chi connectivity index (χ3n) is 4.87. The molecule has 0 unspecified atom stereocenters. The van der Waals surface area contributed by atoms with Gasteiger partial charge in [0.25, 0.3) is 0 Å². The van der Waals surface area contributed by atoms with E-state index in [0.29, 0.717) is 12.6 Å². The molecule has 1 atom stereocenters. The average molecular weight is 317 g/mol. The maximum Gasteiger partial charge on any atom is 0.248 e. The highest BCUT2D eigenvalue weighted by molar-refractivity contribution is 5.77. The Morgan fingerprint density at radius 2 is 1.91 bits per heavy atom. The molecule has 0 radical (unpaired) electrons. The Morgan fingerprint density at radius 3 is 2.57 bits per heavy atom. The summed E-state index contributed by atoms with van der Waals surface area (Å²) in [6.07, 6.45) is 2.41. The fourth-order valence-electron chi connectivity index (χ4n) is 3.28. The zero-order valence-corrected chi connectivity index (χ0v) is 14.1. The highest BCUT2D eigenvalue weighted by atomic mass is 16.5. The number of piperidine rings is 1. The molecule has 1 N–H and O–H groups in total. The van der Waals surface area contributed by atoms with Gasteiger partial charge in [0.15, 0.2) is 0 Å². The zero-order chi connectivity index (χ0) is 16.2. The normalized spacial score (nSPS) is 23.4. The Kier molecular flexibility index (Phi) is 5.18. The summed E-state index contributed by atoms with van der Waals surface area (Å²) in [5.74, 6) is 0.0765. The number of likely N-dealkylation sites (N-methyl/N-ethyl adjacent to an activating group) is 1. The van der Waals surface area contributed by atoms with Crippen LogP contribution in [0, 0.1) is 6.92 Å². The molecule has 1 aromatic carbocycles. The smallest absolute Gasteiger partial charge is 0.248 e. The molecule has 2 aliphatic rings. The van der Waals surface area contributed by atoms with Crippen molar-refractivity contribution in [1.82, 2.24) is 10.2 Å². The fraction of sp³-hybridized carbons (Fsp3) is 0.611. The van der Waals surface area contributed by atoms with E-state index in [1.807, 2.05) is 7.05 Å². The minimum Gasteiger partial charge on any atom is -0.371 e. The van der Waals surface area contributed by atoms with Gasteiger partial charge < -0.3 is 19.9 Å². The second-order valence-electron chi connectivity index (χ2n) is 6.71. The van der Waals surface area contributed by atoms with Crippen LogP contribution >= 0.6 is 0 Å². The second kappa shape index (κ2) is 7.32. The summed E-state index contributed by atoms with van der Waals surface area (Å²) < 4.78 is 5.59. The van der Waals surface area contributed by atoms with E-state index >= 15 is 0 Å². The summed E-state index contributed by atoms with van der Waals surface area (Å²) in [7, 11) is 1.85. The van der Waals surface area contributed by atoms with Gasteiger partial charge in [-0.05, 0) is 31.9 Å². The van der Waals surface area contributed by atoms with Crippen LogP contribution in [0.1, 0.15) is 18.4 Å². The number of benzene rings is 1. The molecule has 0 aliphatic carbocycles. The van der Waals surface area contributed by atoms with Crippen LogP contribution in [0.5, 0.6) is 0 Å². The molecule has 2 aliphatic heterocycles. The Labute approximate surface area is 138 Å². The number of nitrogens with zero attached hydrogens (tertiary/aromatic N) is 2. The number of nitrogens with one attached hydrogen (secondary N) is 1. The van der Waals surface area contributed by atoms with Gasteiger partial charge in [0.05, 0.1) is 6.10 Å². The molecule has 1 aromatic rings. The van der Waals surface area contributed by atoms with E-state index in [4.69, 9.17) is 4.74 Å². The number of hydrogen-bond acceptors (Lipinski definition) is 4. The van der Waals surface area contributed by atoms with Gasteiger partial charge >= 0.3 is 0 Å². The largest absolute Gasteiger partial charge is 0.371 e. The van der Waals surface area contributed by atoms with E-state index in [2.05, 4.69) is 41.4 Å². The Hall–Kier alpha value is -1.59. The third kappa shape index (κ3) is 4.24. The molecule has 2 saturated heterocycles. The van der Waals surface area contributed by atoms with Gasteiger partial charge in [0.1, 0.15) is 6.61 Å². The van der Waals surface area contributed by atoms with Gasteiger partial charge in [-0.1, -0.05) is 17.7 Å². The number of carbonyl (C=O) groups excluding carboxylic acids is 1. The van der Waals surface area contributed by atoms with Crippen molar-refractivity contribution in [1.29, 1.82) is 0 Å². The summed E-state index contributed by atoms with van der Waals surface area (Å²) in [5, 5.41) is 3.62. The van der Waals surface area contributed by atoms with Crippen molar-refractivity contribution in [2.45, 2.75) is 31.9 Å². The standard InChI is InChI=1S/C18H27N3O2/c1-14-3-5-16(6-4-14)21-9-7-15(8-10-21)19-11-17-12-20(2)18(22)13-23-17/h3-6,15,17,19H,7-13H2,1-2H3/t17-/m0/s1. The highest BCUT2D eigenvalue weighted by Gasteiger charge is 2.25. The summed E-state index contributed by atoms with van der Waals surface area (Å²) >= 11 is 0. The van der Waals surface area contributed by atoms with Crippen LogP contribution in [0.25, 0.3) is 0 Å². The van der Waals surface area contributed by atoms with Gasteiger partial charge in [-0.15, -0.1) is 0 Å². The van der Waals surface area contributed by atoms with Crippen molar-refractivity contribution in [2.24, 2.45) is 0 Å². The van der Waals surface area contributed by atoms with Crippen LogP contribution < -0.4 is 10.2 Å². The first-order chi connectivity index (χ1) is 11.1. The van der Waals surface area contributed by atoms with Gasteiger partial charge in [-0.2, -0.15) is 0 Å². The van der Waals surface area contributed by atoms with Crippen molar-refractivity contribution in [3.05, 3.63) is 29.8 Å². The summed E-state index contributed by atoms with van der Waals surface area (Å²) in [4.78, 5) is 15.6. The van der Waals surface area contributed by atoms with Gasteiger partial charge in [0, 0.05) is 45.0 Å². The van der Waals surface area contributed by atoms with E-state index < -0.39 is 0 Å². The lowest BCUT2D eigenvalue weighted by molar-refractivity contribution is -0.146. The predicted molar refractivity (Wildman–Crippen MR) is 91.8 cm³/mol. The summed E-state index contributed by atoms with van der Waals surface area (Å²) in [6, 6.07) is 9.33. The lowest BCUT2D eigenvalue weighted by Gasteiger charge is -2.36. The molecule has 0 aromatic heterocycles. The monoisotopic (exact) mass is 317 g/mol. The highest BCUT2D eigenvalue weighted by Crippen LogP contribution is 2.20. The fourth-order valence-corrected chi connectivity index (χ4v) is 3.28. The second-order valence-corrected chi connectivity index (χ2v) is 6.71. The van der Waals surface area contributed by atoms with Crippen molar-refractivity contribution in [3.8, 4) is 0 Å².